The highest BCUT2D eigenvalue weighted by molar-refractivity contribution is 6.08. The summed E-state index contributed by atoms with van der Waals surface area (Å²) in [4.78, 5) is 44.4. The highest BCUT2D eigenvalue weighted by Gasteiger charge is 2.48. The Morgan fingerprint density at radius 2 is 1.80 bits per heavy atom. The predicted molar refractivity (Wildman–Crippen MR) is 129 cm³/mol. The number of esters is 1. The van der Waals surface area contributed by atoms with E-state index in [1.807, 2.05) is 59.2 Å². The smallest absolute Gasteiger partial charge is 0.321 e. The number of para-hydroxylation sites is 2. The fraction of sp³-hybridized carbons (Fsp3) is 0.192. The van der Waals surface area contributed by atoms with Gasteiger partial charge in [0.25, 0.3) is 5.69 Å². The van der Waals surface area contributed by atoms with E-state index in [-0.39, 0.29) is 18.8 Å². The Bertz CT molecular complexity index is 1430. The Labute approximate surface area is 200 Å². The summed E-state index contributed by atoms with van der Waals surface area (Å²) in [7, 11) is 0. The Hall–Kier alpha value is -4.53. The zero-order valence-electron chi connectivity index (χ0n) is 18.9. The van der Waals surface area contributed by atoms with Crippen LogP contribution in [0.3, 0.4) is 0 Å². The fourth-order valence-electron chi connectivity index (χ4n) is 4.59. The monoisotopic (exact) mass is 470 g/mol. The van der Waals surface area contributed by atoms with E-state index in [1.54, 1.807) is 19.1 Å². The molecule has 176 valence electrons. The van der Waals surface area contributed by atoms with Crippen LogP contribution >= 0.6 is 0 Å². The average molecular weight is 470 g/mol. The van der Waals surface area contributed by atoms with E-state index in [9.17, 15) is 19.7 Å². The van der Waals surface area contributed by atoms with Crippen LogP contribution in [0.4, 0.5) is 11.6 Å². The Morgan fingerprint density at radius 1 is 1.06 bits per heavy atom. The number of amides is 1. The summed E-state index contributed by atoms with van der Waals surface area (Å²) in [6.07, 6.45) is 0. The average Bonchev–Trinajstić information content (AvgIpc) is 3.25. The minimum atomic E-state index is -1.24. The molecule has 1 amide bonds. The van der Waals surface area contributed by atoms with Gasteiger partial charge >= 0.3 is 5.97 Å². The molecule has 0 saturated heterocycles. The Morgan fingerprint density at radius 3 is 2.54 bits per heavy atom. The van der Waals surface area contributed by atoms with Crippen molar-refractivity contribution in [1.29, 1.82) is 0 Å². The van der Waals surface area contributed by atoms with E-state index in [0.29, 0.717) is 22.5 Å². The molecule has 4 aromatic rings. The van der Waals surface area contributed by atoms with E-state index >= 15 is 0 Å². The van der Waals surface area contributed by atoms with Crippen molar-refractivity contribution < 1.29 is 19.2 Å². The van der Waals surface area contributed by atoms with Crippen molar-refractivity contribution in [2.75, 3.05) is 11.5 Å². The summed E-state index contributed by atoms with van der Waals surface area (Å²) < 4.78 is 7.15. The molecule has 0 N–H and O–H groups in total. The number of aromatic nitrogens is 2. The number of nitrogens with zero attached hydrogens (tertiary/aromatic N) is 4. The first-order chi connectivity index (χ1) is 17.0. The van der Waals surface area contributed by atoms with Crippen LogP contribution in [0.25, 0.3) is 11.0 Å². The number of benzene rings is 3. The summed E-state index contributed by atoms with van der Waals surface area (Å²) >= 11 is 0. The van der Waals surface area contributed by atoms with Crippen LogP contribution in [0, 0.1) is 16.0 Å². The van der Waals surface area contributed by atoms with Crippen molar-refractivity contribution in [1.82, 2.24) is 9.55 Å². The highest BCUT2D eigenvalue weighted by Crippen LogP contribution is 2.42. The van der Waals surface area contributed by atoms with E-state index < -0.39 is 28.8 Å². The van der Waals surface area contributed by atoms with E-state index in [4.69, 9.17) is 9.72 Å². The van der Waals surface area contributed by atoms with Gasteiger partial charge < -0.3 is 9.30 Å². The van der Waals surface area contributed by atoms with Crippen LogP contribution in [0.2, 0.25) is 0 Å². The number of nitro groups is 1. The topological polar surface area (TPSA) is 108 Å². The molecule has 0 saturated carbocycles. The molecule has 35 heavy (non-hydrogen) atoms. The number of non-ortho nitro benzene ring substituents is 1. The van der Waals surface area contributed by atoms with Crippen molar-refractivity contribution in [2.24, 2.45) is 5.92 Å². The van der Waals surface area contributed by atoms with Crippen LogP contribution in [0.1, 0.15) is 24.1 Å². The number of ether oxygens (including phenoxy) is 1. The van der Waals surface area contributed by atoms with Gasteiger partial charge in [0.05, 0.1) is 35.2 Å². The van der Waals surface area contributed by atoms with Gasteiger partial charge in [0.1, 0.15) is 0 Å². The van der Waals surface area contributed by atoms with Gasteiger partial charge in [-0.3, -0.25) is 24.6 Å². The second-order valence-corrected chi connectivity index (χ2v) is 8.21. The minimum Gasteiger partial charge on any atom is -0.465 e. The van der Waals surface area contributed by atoms with E-state index in [0.717, 1.165) is 5.56 Å². The predicted octanol–water partition coefficient (Wildman–Crippen LogP) is 4.26. The molecule has 2 atom stereocenters. The largest absolute Gasteiger partial charge is 0.465 e. The van der Waals surface area contributed by atoms with Crippen molar-refractivity contribution in [3.63, 3.8) is 0 Å². The maximum Gasteiger partial charge on any atom is 0.321 e. The van der Waals surface area contributed by atoms with Gasteiger partial charge in [-0.25, -0.2) is 4.98 Å². The molecule has 5 rings (SSSR count). The zero-order valence-corrected chi connectivity index (χ0v) is 18.9. The maximum atomic E-state index is 13.9. The molecule has 3 aromatic carbocycles. The summed E-state index contributed by atoms with van der Waals surface area (Å²) in [6.45, 7) is 1.98. The molecular formula is C26H22N4O5. The molecule has 9 heteroatoms. The third-order valence-corrected chi connectivity index (χ3v) is 6.09. The van der Waals surface area contributed by atoms with Gasteiger partial charge in [-0.05, 0) is 30.2 Å². The number of nitro benzene ring substituents is 1. The lowest BCUT2D eigenvalue weighted by molar-refractivity contribution is -0.384. The van der Waals surface area contributed by atoms with Crippen LogP contribution < -0.4 is 4.90 Å². The summed E-state index contributed by atoms with van der Waals surface area (Å²) in [5, 5.41) is 11.5. The Balaban J connectivity index is 1.76. The highest BCUT2D eigenvalue weighted by atomic mass is 16.6. The van der Waals surface area contributed by atoms with Crippen molar-refractivity contribution in [3.05, 3.63) is 100 Å². The van der Waals surface area contributed by atoms with Crippen LogP contribution in [0.15, 0.2) is 78.9 Å². The fourth-order valence-corrected chi connectivity index (χ4v) is 4.59. The zero-order chi connectivity index (χ0) is 24.5. The van der Waals surface area contributed by atoms with Gasteiger partial charge in [0.2, 0.25) is 11.9 Å². The third-order valence-electron chi connectivity index (χ3n) is 6.09. The molecule has 2 unspecified atom stereocenters. The summed E-state index contributed by atoms with van der Waals surface area (Å²) in [5.74, 6) is -2.02. The first-order valence-corrected chi connectivity index (χ1v) is 11.2. The van der Waals surface area contributed by atoms with Crippen molar-refractivity contribution >= 4 is 34.5 Å². The van der Waals surface area contributed by atoms with E-state index in [1.165, 1.54) is 17.0 Å². The maximum absolute atomic E-state index is 13.9. The first kappa shape index (κ1) is 22.3. The molecule has 1 aliphatic rings. The SMILES string of the molecule is CCOC(=O)C1C(=O)N(Cc2ccccc2)c2nc3ccccc3n2C1c1cccc([N+](=O)[O-])c1. The van der Waals surface area contributed by atoms with Crippen LogP contribution in [-0.2, 0) is 20.9 Å². The van der Waals surface area contributed by atoms with Crippen molar-refractivity contribution in [2.45, 2.75) is 19.5 Å². The second-order valence-electron chi connectivity index (χ2n) is 8.21. The van der Waals surface area contributed by atoms with Gasteiger partial charge in [-0.2, -0.15) is 0 Å². The summed E-state index contributed by atoms with van der Waals surface area (Å²) in [6, 6.07) is 21.9. The number of rotatable bonds is 6. The number of carbonyl (C=O) groups excluding carboxylic acids is 2. The second kappa shape index (κ2) is 9.02. The van der Waals surface area contributed by atoms with Crippen LogP contribution in [0.5, 0.6) is 0 Å². The van der Waals surface area contributed by atoms with Gasteiger partial charge in [-0.15, -0.1) is 0 Å². The number of hydrogen-bond donors (Lipinski definition) is 0. The molecule has 2 heterocycles. The number of carbonyl (C=O) groups is 2. The number of imidazole rings is 1. The normalized spacial score (nSPS) is 17.3. The lowest BCUT2D eigenvalue weighted by Crippen LogP contribution is -2.49. The Kier molecular flexibility index (Phi) is 5.74. The lowest BCUT2D eigenvalue weighted by atomic mass is 9.89. The standard InChI is InChI=1S/C26H22N4O5/c1-2-35-25(32)22-23(18-11-8-12-19(15-18)30(33)34)29-21-14-7-6-13-20(21)27-26(29)28(24(22)31)16-17-9-4-3-5-10-17/h3-15,22-23H,2,16H2,1H3. The first-order valence-electron chi connectivity index (χ1n) is 11.2. The molecule has 0 radical (unpaired) electrons. The molecular weight excluding hydrogens is 448 g/mol. The molecule has 0 spiro atoms. The van der Waals surface area contributed by atoms with Crippen LogP contribution in [-0.4, -0.2) is 33.0 Å². The van der Waals surface area contributed by atoms with E-state index in [2.05, 4.69) is 0 Å². The molecule has 0 bridgehead atoms. The van der Waals surface area contributed by atoms with Gasteiger partial charge in [-0.1, -0.05) is 54.6 Å². The van der Waals surface area contributed by atoms with Crippen molar-refractivity contribution in [3.8, 4) is 0 Å². The molecule has 1 aromatic heterocycles. The summed E-state index contributed by atoms with van der Waals surface area (Å²) in [5.41, 5.74) is 2.55. The van der Waals surface area contributed by atoms with Gasteiger partial charge in [0.15, 0.2) is 5.92 Å². The molecule has 0 aliphatic carbocycles. The molecule has 0 fully saturated rings. The lowest BCUT2D eigenvalue weighted by Gasteiger charge is -2.37. The number of hydrogen-bond acceptors (Lipinski definition) is 6. The minimum absolute atomic E-state index is 0.0977. The molecule has 1 aliphatic heterocycles. The number of anilines is 1. The quantitative estimate of drug-likeness (QED) is 0.180. The molecule has 9 nitrogen and oxygen atoms in total. The van der Waals surface area contributed by atoms with Gasteiger partial charge in [0, 0.05) is 12.1 Å². The number of fused-ring (bicyclic) bond motifs is 3. The third kappa shape index (κ3) is 3.90.